The average Bonchev–Trinajstić information content (AvgIpc) is 4.02. The highest BCUT2D eigenvalue weighted by Gasteiger charge is 2.56. The Labute approximate surface area is 376 Å². The summed E-state index contributed by atoms with van der Waals surface area (Å²) in [7, 11) is 0. The summed E-state index contributed by atoms with van der Waals surface area (Å²) >= 11 is 0. The molecule has 4 nitrogen and oxygen atoms in total. The van der Waals surface area contributed by atoms with Crippen molar-refractivity contribution in [3.05, 3.63) is 200 Å². The number of nitrogens with zero attached hydrogens (tertiary/aromatic N) is 4. The second-order valence-corrected chi connectivity index (χ2v) is 18.7. The molecule has 0 fully saturated rings. The molecule has 65 heavy (non-hydrogen) atoms. The van der Waals surface area contributed by atoms with Crippen molar-refractivity contribution in [3.63, 3.8) is 0 Å². The smallest absolute Gasteiger partial charge is 0.329 e. The van der Waals surface area contributed by atoms with Crippen molar-refractivity contribution in [2.24, 2.45) is 0 Å². The van der Waals surface area contributed by atoms with Gasteiger partial charge in [0.15, 0.2) is 0 Å². The topological polar surface area (TPSA) is 16.3 Å². The number of para-hydroxylation sites is 4. The summed E-state index contributed by atoms with van der Waals surface area (Å²) < 4.78 is 4.71. The summed E-state index contributed by atoms with van der Waals surface area (Å²) in [5.74, 6) is 0. The van der Waals surface area contributed by atoms with Crippen LogP contribution in [0.5, 0.6) is 0 Å². The number of hydrogen-bond acceptors (Lipinski definition) is 2. The van der Waals surface area contributed by atoms with Crippen molar-refractivity contribution in [2.45, 2.75) is 0 Å². The summed E-state index contributed by atoms with van der Waals surface area (Å²) in [6.45, 7) is 0.0771. The molecule has 7 heteroatoms. The number of fused-ring (bicyclic) bond motifs is 18. The van der Waals surface area contributed by atoms with Crippen molar-refractivity contribution >= 4 is 103 Å². The minimum absolute atomic E-state index is 0.0190. The van der Waals surface area contributed by atoms with Gasteiger partial charge in [0.05, 0.1) is 11.0 Å². The lowest BCUT2D eigenvalue weighted by Crippen LogP contribution is -2.72. The number of hydrogen-bond donors (Lipinski definition) is 0. The maximum absolute atomic E-state index is 2.79. The second-order valence-electron chi connectivity index (χ2n) is 18.7. The van der Waals surface area contributed by atoms with Gasteiger partial charge in [-0.25, -0.2) is 0 Å². The van der Waals surface area contributed by atoms with Crippen LogP contribution in [0, 0.1) is 0 Å². The van der Waals surface area contributed by atoms with Gasteiger partial charge in [0.1, 0.15) is 0 Å². The Morgan fingerprint density at radius 3 is 1.23 bits per heavy atom. The third-order valence-electron chi connectivity index (χ3n) is 15.9. The molecule has 11 aromatic rings. The molecule has 0 aliphatic carbocycles. The van der Waals surface area contributed by atoms with Gasteiger partial charge < -0.3 is 18.8 Å². The van der Waals surface area contributed by atoms with Crippen LogP contribution in [0.2, 0.25) is 0 Å². The molecule has 6 aliphatic rings. The van der Waals surface area contributed by atoms with Crippen LogP contribution in [0.1, 0.15) is 0 Å². The van der Waals surface area contributed by atoms with Crippen LogP contribution < -0.4 is 47.9 Å². The molecule has 0 spiro atoms. The van der Waals surface area contributed by atoms with Gasteiger partial charge in [-0.05, 0) is 115 Å². The van der Waals surface area contributed by atoms with E-state index in [0.29, 0.717) is 0 Å². The van der Waals surface area contributed by atoms with Gasteiger partial charge in [-0.15, -0.1) is 0 Å². The van der Waals surface area contributed by atoms with E-state index in [-0.39, 0.29) is 20.4 Å². The van der Waals surface area contributed by atoms with E-state index < -0.39 is 0 Å². The Balaban J connectivity index is 1.01. The molecule has 17 rings (SSSR count). The fourth-order valence-electron chi connectivity index (χ4n) is 13.6. The van der Waals surface area contributed by atoms with E-state index in [1.165, 1.54) is 139 Å². The molecule has 2 aromatic heterocycles. The predicted molar refractivity (Wildman–Crippen MR) is 274 cm³/mol. The van der Waals surface area contributed by atoms with Gasteiger partial charge in [-0.2, -0.15) is 0 Å². The monoisotopic (exact) mass is 818 g/mol. The highest BCUT2D eigenvalue weighted by molar-refractivity contribution is 7.06. The Hall–Kier alpha value is -8.15. The lowest BCUT2D eigenvalue weighted by Gasteiger charge is -2.55. The molecule has 0 atom stereocenters. The molecular weight excluding hydrogens is 785 g/mol. The van der Waals surface area contributed by atoms with Crippen LogP contribution in [-0.2, 0) is 0 Å². The maximum atomic E-state index is 2.79. The van der Waals surface area contributed by atoms with E-state index in [0.717, 1.165) is 0 Å². The van der Waals surface area contributed by atoms with Gasteiger partial charge in [0, 0.05) is 79.5 Å². The molecule has 9 aromatic carbocycles. The first-order chi connectivity index (χ1) is 32.3. The molecule has 6 aliphatic heterocycles. The quantitative estimate of drug-likeness (QED) is 0.163. The van der Waals surface area contributed by atoms with Crippen LogP contribution in [0.4, 0.5) is 22.7 Å². The van der Waals surface area contributed by atoms with Gasteiger partial charge in [0.2, 0.25) is 0 Å². The molecule has 0 bridgehead atoms. The van der Waals surface area contributed by atoms with E-state index in [2.05, 4.69) is 219 Å². The zero-order valence-electron chi connectivity index (χ0n) is 35.1. The van der Waals surface area contributed by atoms with Crippen LogP contribution in [0.3, 0.4) is 0 Å². The van der Waals surface area contributed by atoms with Crippen LogP contribution in [0.25, 0.3) is 77.7 Å². The summed E-state index contributed by atoms with van der Waals surface area (Å²) in [4.78, 5) is 5.57. The highest BCUT2D eigenvalue weighted by atomic mass is 15.1. The fraction of sp³-hybridized carbons (Fsp3) is 0. The minimum Gasteiger partial charge on any atom is -0.377 e. The van der Waals surface area contributed by atoms with Gasteiger partial charge >= 0.3 is 13.7 Å². The van der Waals surface area contributed by atoms with E-state index in [1.807, 2.05) is 0 Å². The molecule has 0 saturated heterocycles. The van der Waals surface area contributed by atoms with Gasteiger partial charge in [-0.3, -0.25) is 0 Å². The predicted octanol–water partition coefficient (Wildman–Crippen LogP) is 8.53. The van der Waals surface area contributed by atoms with Gasteiger partial charge in [0.25, 0.3) is 6.71 Å². The number of anilines is 4. The van der Waals surface area contributed by atoms with Crippen molar-refractivity contribution in [1.82, 2.24) is 9.13 Å². The third-order valence-corrected chi connectivity index (χ3v) is 15.9. The van der Waals surface area contributed by atoms with Crippen LogP contribution >= 0.6 is 0 Å². The zero-order chi connectivity index (χ0) is 41.8. The molecular formula is C58H33B3N4. The Kier molecular flexibility index (Phi) is 5.92. The van der Waals surface area contributed by atoms with Crippen molar-refractivity contribution in [2.75, 3.05) is 9.62 Å². The standard InChI is InChI=1S/C58H33B3N4/c1-3-13-34(14-4-1)62-31-29-38-50(62)27-25-46-52(38)40-19-11-23-48-55(40)64-57-42(36-17-7-9-21-44(36)60(46)64)33-43-37-18-8-10-22-45(37)61-47-26-28-51-39(30-32-63(51)35-15-5-2-6-16-35)53(47)41-20-12-24-49-56(41)65(61)58(43)54(57)59(48)49/h1-33H. The molecule has 294 valence electrons. The van der Waals surface area contributed by atoms with E-state index in [1.54, 1.807) is 0 Å². The van der Waals surface area contributed by atoms with E-state index in [4.69, 9.17) is 0 Å². The first kappa shape index (κ1) is 33.4. The maximum Gasteiger partial charge on any atom is 0.329 e. The molecule has 0 radical (unpaired) electrons. The number of benzene rings is 9. The summed E-state index contributed by atoms with van der Waals surface area (Å²) in [5.41, 5.74) is 30.7. The Bertz CT molecular complexity index is 3750. The Morgan fingerprint density at radius 2 is 0.738 bits per heavy atom. The van der Waals surface area contributed by atoms with Crippen LogP contribution in [-0.4, -0.2) is 29.5 Å². The van der Waals surface area contributed by atoms with E-state index in [9.17, 15) is 0 Å². The van der Waals surface area contributed by atoms with E-state index >= 15 is 0 Å². The van der Waals surface area contributed by atoms with Gasteiger partial charge in [-0.1, -0.05) is 133 Å². The SMILES string of the molecule is c1ccc(-n2ccc3c4c(ccc32)B2c3ccccc3-c3cc5c6c7c3N2c2c(cccc2-4)B7c2cccc3c2N6B(c2ccccc2-5)c2ccc4c(ccn4-c4ccccc4)c2-3)cc1. The van der Waals surface area contributed by atoms with Crippen LogP contribution in [0.15, 0.2) is 200 Å². The molecule has 0 amide bonds. The molecule has 0 N–H and O–H groups in total. The molecule has 0 unspecified atom stereocenters. The lowest BCUT2D eigenvalue weighted by atomic mass is 9.28. The fourth-order valence-corrected chi connectivity index (χ4v) is 13.6. The number of rotatable bonds is 2. The number of aromatic nitrogens is 2. The second kappa shape index (κ2) is 11.5. The summed E-state index contributed by atoms with van der Waals surface area (Å²) in [6.07, 6.45) is 4.53. The largest absolute Gasteiger partial charge is 0.377 e. The van der Waals surface area contributed by atoms with Crippen molar-refractivity contribution in [1.29, 1.82) is 0 Å². The Morgan fingerprint density at radius 1 is 0.308 bits per heavy atom. The zero-order valence-corrected chi connectivity index (χ0v) is 35.1. The molecule has 8 heterocycles. The minimum atomic E-state index is 0.0190. The molecule has 0 saturated carbocycles. The normalized spacial score (nSPS) is 14.3. The summed E-state index contributed by atoms with van der Waals surface area (Å²) in [5, 5.41) is 2.60. The average molecular weight is 818 g/mol. The lowest BCUT2D eigenvalue weighted by molar-refractivity contribution is 1.13. The highest BCUT2D eigenvalue weighted by Crippen LogP contribution is 2.56. The first-order valence-corrected chi connectivity index (χ1v) is 22.9. The first-order valence-electron chi connectivity index (χ1n) is 22.9. The summed E-state index contributed by atoms with van der Waals surface area (Å²) in [6, 6.07) is 71.5. The van der Waals surface area contributed by atoms with Crippen molar-refractivity contribution < 1.29 is 0 Å². The third kappa shape index (κ3) is 3.82. The van der Waals surface area contributed by atoms with Crippen molar-refractivity contribution in [3.8, 4) is 55.9 Å².